The average Bonchev–Trinajstić information content (AvgIpc) is 2.82. The van der Waals surface area contributed by atoms with Gasteiger partial charge < -0.3 is 4.74 Å². The van der Waals surface area contributed by atoms with Gasteiger partial charge in [0.2, 0.25) is 12.2 Å². The number of hydrogen-bond acceptors (Lipinski definition) is 7. The Labute approximate surface area is 198 Å². The molecule has 7 nitrogen and oxygen atoms in total. The van der Waals surface area contributed by atoms with Crippen molar-refractivity contribution in [3.05, 3.63) is 82.4 Å². The van der Waals surface area contributed by atoms with Gasteiger partial charge in [-0.2, -0.15) is 23.7 Å². The van der Waals surface area contributed by atoms with Gasteiger partial charge >= 0.3 is 6.18 Å². The molecule has 0 aliphatic rings. The number of ether oxygens (including phenoxy) is 1. The van der Waals surface area contributed by atoms with Crippen LogP contribution >= 0.6 is 11.6 Å². The Morgan fingerprint density at radius 3 is 1.97 bits per heavy atom. The lowest BCUT2D eigenvalue weighted by Crippen LogP contribution is -2.03. The van der Waals surface area contributed by atoms with E-state index in [0.29, 0.717) is 16.5 Å². The molecule has 0 bridgehead atoms. The first-order valence-electron chi connectivity index (χ1n) is 9.75. The third kappa shape index (κ3) is 8.78. The molecule has 0 saturated carbocycles. The van der Waals surface area contributed by atoms with E-state index in [0.717, 1.165) is 48.3 Å². The van der Waals surface area contributed by atoms with Crippen molar-refractivity contribution in [2.75, 3.05) is 0 Å². The lowest BCUT2D eigenvalue weighted by atomic mass is 10.1. The van der Waals surface area contributed by atoms with Gasteiger partial charge in [-0.05, 0) is 68.1 Å². The highest BCUT2D eigenvalue weighted by molar-refractivity contribution is 6.31. The van der Waals surface area contributed by atoms with Gasteiger partial charge in [-0.25, -0.2) is 9.97 Å². The number of halogens is 4. The minimum atomic E-state index is -4.35. The molecule has 180 valence electrons. The van der Waals surface area contributed by atoms with Crippen molar-refractivity contribution in [1.29, 1.82) is 0 Å². The summed E-state index contributed by atoms with van der Waals surface area (Å²) in [5.41, 5.74) is 2.05. The number of nitrogens with zero attached hydrogens (tertiary/aromatic N) is 2. The van der Waals surface area contributed by atoms with Crippen LogP contribution in [0.15, 0.2) is 54.9 Å². The quantitative estimate of drug-likeness (QED) is 0.234. The van der Waals surface area contributed by atoms with Crippen LogP contribution in [0.1, 0.15) is 28.9 Å². The van der Waals surface area contributed by atoms with Crippen molar-refractivity contribution >= 4 is 11.6 Å². The standard InChI is InChI=1S/C21H18ClF3N2O.C2H2O4/c1-14-20(22)19(27-13-26-14)4-2-3-15-5-9-17(10-6-15)28-18-11-7-16(8-12-18)21(23,24)25;3-5-1-2-6-4/h5-13H,2-4H2,1H3;3-4H. The zero-order valence-electron chi connectivity index (χ0n) is 17.8. The monoisotopic (exact) mass is 496 g/mol. The average molecular weight is 497 g/mol. The molecule has 34 heavy (non-hydrogen) atoms. The van der Waals surface area contributed by atoms with Crippen molar-refractivity contribution in [2.45, 2.75) is 32.4 Å². The first-order valence-corrected chi connectivity index (χ1v) is 10.1. The zero-order chi connectivity index (χ0) is 25.0. The van der Waals surface area contributed by atoms with Crippen molar-refractivity contribution in [3.8, 4) is 23.7 Å². The predicted molar refractivity (Wildman–Crippen MR) is 117 cm³/mol. The molecule has 0 unspecified atom stereocenters. The van der Waals surface area contributed by atoms with Gasteiger partial charge in [0, 0.05) is 0 Å². The summed E-state index contributed by atoms with van der Waals surface area (Å²) in [6.45, 7) is 1.85. The summed E-state index contributed by atoms with van der Waals surface area (Å²) in [7, 11) is 0. The highest BCUT2D eigenvalue weighted by Crippen LogP contribution is 2.31. The maximum absolute atomic E-state index is 12.6. The molecule has 0 saturated heterocycles. The molecule has 0 aliphatic heterocycles. The summed E-state index contributed by atoms with van der Waals surface area (Å²) >= 11 is 6.20. The Morgan fingerprint density at radius 1 is 0.882 bits per heavy atom. The van der Waals surface area contributed by atoms with E-state index in [4.69, 9.17) is 26.9 Å². The molecule has 0 amide bonds. The van der Waals surface area contributed by atoms with Gasteiger partial charge in [0.1, 0.15) is 17.8 Å². The largest absolute Gasteiger partial charge is 0.457 e. The van der Waals surface area contributed by atoms with Crippen LogP contribution in [0.25, 0.3) is 0 Å². The second-order valence-corrected chi connectivity index (χ2v) is 7.11. The molecule has 2 N–H and O–H groups in total. The maximum Gasteiger partial charge on any atom is 0.416 e. The summed E-state index contributed by atoms with van der Waals surface area (Å²) in [5, 5.41) is 15.3. The van der Waals surface area contributed by atoms with E-state index in [2.05, 4.69) is 19.7 Å². The highest BCUT2D eigenvalue weighted by atomic mass is 35.5. The van der Waals surface area contributed by atoms with E-state index in [1.54, 1.807) is 12.1 Å². The molecule has 0 spiro atoms. The molecule has 1 heterocycles. The molecule has 0 atom stereocenters. The van der Waals surface area contributed by atoms with E-state index in [9.17, 15) is 13.2 Å². The van der Waals surface area contributed by atoms with Crippen LogP contribution in [0.4, 0.5) is 13.2 Å². The van der Waals surface area contributed by atoms with E-state index in [1.165, 1.54) is 30.7 Å². The molecule has 0 aliphatic carbocycles. The molecule has 3 aromatic rings. The third-order valence-corrected chi connectivity index (χ3v) is 4.88. The zero-order valence-corrected chi connectivity index (χ0v) is 18.6. The smallest absolute Gasteiger partial charge is 0.416 e. The number of rotatable bonds is 6. The SMILES string of the molecule is Cc1ncnc(CCCc2ccc(Oc3ccc(C(F)(F)F)cc3)cc2)c1Cl.OOC#COO. The first-order chi connectivity index (χ1) is 16.2. The fourth-order valence-corrected chi connectivity index (χ4v) is 2.94. The van der Waals surface area contributed by atoms with Crippen LogP contribution in [0.5, 0.6) is 11.5 Å². The van der Waals surface area contributed by atoms with Crippen LogP contribution in [0.2, 0.25) is 5.02 Å². The van der Waals surface area contributed by atoms with Crippen LogP contribution in [0.3, 0.4) is 0 Å². The van der Waals surface area contributed by atoms with Gasteiger partial charge in [0.05, 0.1) is 22.0 Å². The Bertz CT molecular complexity index is 1090. The van der Waals surface area contributed by atoms with Gasteiger partial charge in [-0.1, -0.05) is 23.7 Å². The Morgan fingerprint density at radius 2 is 1.44 bits per heavy atom. The number of hydrogen-bond donors (Lipinski definition) is 2. The first kappa shape index (κ1) is 26.7. The summed E-state index contributed by atoms with van der Waals surface area (Å²) in [5.74, 6) is 0.924. The number of aromatic nitrogens is 2. The molecule has 11 heteroatoms. The lowest BCUT2D eigenvalue weighted by molar-refractivity contribution is -0.188. The van der Waals surface area contributed by atoms with Crippen LogP contribution < -0.4 is 4.74 Å². The summed E-state index contributed by atoms with van der Waals surface area (Å²) in [6.07, 6.45) is 2.72. The normalized spacial score (nSPS) is 10.3. The second-order valence-electron chi connectivity index (χ2n) is 6.73. The van der Waals surface area contributed by atoms with Crippen molar-refractivity contribution in [1.82, 2.24) is 9.97 Å². The number of alkyl halides is 3. The van der Waals surface area contributed by atoms with E-state index in [-0.39, 0.29) is 0 Å². The maximum atomic E-state index is 12.6. The fraction of sp³-hybridized carbons (Fsp3) is 0.217. The van der Waals surface area contributed by atoms with Gasteiger partial charge in [-0.15, -0.1) is 0 Å². The lowest BCUT2D eigenvalue weighted by Gasteiger charge is -2.09. The Hall–Kier alpha value is -3.52. The summed E-state index contributed by atoms with van der Waals surface area (Å²) < 4.78 is 43.4. The number of benzene rings is 2. The van der Waals surface area contributed by atoms with Gasteiger partial charge in [0.25, 0.3) is 0 Å². The van der Waals surface area contributed by atoms with E-state index < -0.39 is 11.7 Å². The minimum Gasteiger partial charge on any atom is -0.457 e. The number of aryl methyl sites for hydroxylation is 3. The van der Waals surface area contributed by atoms with Gasteiger partial charge in [-0.3, -0.25) is 9.78 Å². The van der Waals surface area contributed by atoms with E-state index >= 15 is 0 Å². The van der Waals surface area contributed by atoms with Crippen LogP contribution in [-0.4, -0.2) is 20.5 Å². The van der Waals surface area contributed by atoms with Gasteiger partial charge in [0.15, 0.2) is 0 Å². The molecular weight excluding hydrogens is 477 g/mol. The highest BCUT2D eigenvalue weighted by Gasteiger charge is 2.30. The minimum absolute atomic E-state index is 0.356. The molecular formula is C23H20ClF3N2O5. The predicted octanol–water partition coefficient (Wildman–Crippen LogP) is 6.31. The van der Waals surface area contributed by atoms with Crippen molar-refractivity contribution in [2.24, 2.45) is 0 Å². The Kier molecular flexibility index (Phi) is 10.4. The molecule has 1 aromatic heterocycles. The fourth-order valence-electron chi connectivity index (χ4n) is 2.75. The van der Waals surface area contributed by atoms with Crippen LogP contribution in [0, 0.1) is 19.1 Å². The van der Waals surface area contributed by atoms with Crippen molar-refractivity contribution in [3.63, 3.8) is 0 Å². The summed E-state index contributed by atoms with van der Waals surface area (Å²) in [6, 6.07) is 12.1. The Balaban J connectivity index is 0.000000604. The van der Waals surface area contributed by atoms with E-state index in [1.807, 2.05) is 19.1 Å². The molecule has 0 fully saturated rings. The molecule has 2 aromatic carbocycles. The van der Waals surface area contributed by atoms with Crippen LogP contribution in [-0.2, 0) is 28.8 Å². The molecule has 0 radical (unpaired) electrons. The van der Waals surface area contributed by atoms with Crippen molar-refractivity contribution < 1.29 is 38.2 Å². The third-order valence-electron chi connectivity index (χ3n) is 4.39. The summed E-state index contributed by atoms with van der Waals surface area (Å²) in [4.78, 5) is 14.5. The second kappa shape index (κ2) is 13.3. The topological polar surface area (TPSA) is 93.9 Å². The molecule has 3 rings (SSSR count).